The number of nitrogens with zero attached hydrogens (tertiary/aromatic N) is 3. The van der Waals surface area contributed by atoms with E-state index in [4.69, 9.17) is 17.3 Å². The maximum atomic E-state index is 13.9. The Morgan fingerprint density at radius 1 is 1.28 bits per heavy atom. The van der Waals surface area contributed by atoms with Crippen molar-refractivity contribution in [1.29, 1.82) is 0 Å². The molecule has 10 heteroatoms. The maximum Gasteiger partial charge on any atom is 0.404 e. The van der Waals surface area contributed by atoms with Gasteiger partial charge in [-0.05, 0) is 30.7 Å². The number of alkyl halides is 3. The van der Waals surface area contributed by atoms with Crippen LogP contribution in [0.5, 0.6) is 0 Å². The molecule has 1 aromatic carbocycles. The predicted molar refractivity (Wildman–Crippen MR) is 106 cm³/mol. The molecule has 0 radical (unpaired) electrons. The zero-order chi connectivity index (χ0) is 21.2. The molecule has 2 N–H and O–H groups in total. The van der Waals surface area contributed by atoms with Gasteiger partial charge in [0.1, 0.15) is 11.2 Å². The second kappa shape index (κ2) is 8.89. The molecule has 3 unspecified atom stereocenters. The summed E-state index contributed by atoms with van der Waals surface area (Å²) < 4.78 is 41.7. The zero-order valence-corrected chi connectivity index (χ0v) is 17.1. The van der Waals surface area contributed by atoms with Gasteiger partial charge < -0.3 is 5.73 Å². The lowest BCUT2D eigenvalue weighted by Crippen LogP contribution is -2.54. The summed E-state index contributed by atoms with van der Waals surface area (Å²) in [4.78, 5) is 21.6. The third kappa shape index (κ3) is 5.02. The summed E-state index contributed by atoms with van der Waals surface area (Å²) in [6.45, 7) is -0.116. The molecule has 1 amide bonds. The van der Waals surface area contributed by atoms with E-state index in [1.165, 1.54) is 22.7 Å². The van der Waals surface area contributed by atoms with Crippen molar-refractivity contribution in [1.82, 2.24) is 14.9 Å². The molecule has 1 aliphatic heterocycles. The molecule has 2 heterocycles. The molecule has 29 heavy (non-hydrogen) atoms. The summed E-state index contributed by atoms with van der Waals surface area (Å²) in [5, 5.41) is 0.507. The topological polar surface area (TPSA) is 72.1 Å². The van der Waals surface area contributed by atoms with Crippen LogP contribution in [0.25, 0.3) is 0 Å². The highest BCUT2D eigenvalue weighted by atomic mass is 35.5. The number of aromatic nitrogens is 2. The summed E-state index contributed by atoms with van der Waals surface area (Å²) in [7, 11) is 0. The number of rotatable bonds is 5. The minimum absolute atomic E-state index is 0.0953. The Kier molecular flexibility index (Phi) is 6.70. The summed E-state index contributed by atoms with van der Waals surface area (Å²) >= 11 is 7.37. The summed E-state index contributed by atoms with van der Waals surface area (Å²) in [5.74, 6) is -1.27. The van der Waals surface area contributed by atoms with Gasteiger partial charge in [-0.1, -0.05) is 53.7 Å². The first-order chi connectivity index (χ1) is 13.7. The molecular formula is C19H20ClF3N4OS. The van der Waals surface area contributed by atoms with Crippen LogP contribution < -0.4 is 5.73 Å². The van der Waals surface area contributed by atoms with Gasteiger partial charge in [0.2, 0.25) is 5.91 Å². The van der Waals surface area contributed by atoms with Crippen molar-refractivity contribution in [2.45, 2.75) is 36.3 Å². The number of thioether (sulfide) groups is 1. The van der Waals surface area contributed by atoms with Crippen molar-refractivity contribution < 1.29 is 18.0 Å². The Hall–Kier alpha value is -1.84. The smallest absolute Gasteiger partial charge is 0.369 e. The molecule has 1 saturated heterocycles. The number of hydrogen-bond acceptors (Lipinski definition) is 5. The first-order valence-electron chi connectivity index (χ1n) is 8.96. The third-order valence-corrected chi connectivity index (χ3v) is 5.75. The molecule has 2 aromatic rings. The summed E-state index contributed by atoms with van der Waals surface area (Å²) in [6, 6.07) is 7.65. The number of primary amides is 1. The van der Waals surface area contributed by atoms with Crippen LogP contribution in [0, 0.1) is 5.92 Å². The highest BCUT2D eigenvalue weighted by Gasteiger charge is 2.49. The van der Waals surface area contributed by atoms with Gasteiger partial charge in [-0.3, -0.25) is 9.69 Å². The van der Waals surface area contributed by atoms with E-state index in [2.05, 4.69) is 9.97 Å². The Labute approximate surface area is 175 Å². The fourth-order valence-corrected chi connectivity index (χ4v) is 4.31. The number of likely N-dealkylation sites (tertiary alicyclic amines) is 1. The van der Waals surface area contributed by atoms with E-state index in [0.29, 0.717) is 16.4 Å². The molecule has 0 aliphatic carbocycles. The molecule has 3 atom stereocenters. The lowest BCUT2D eigenvalue weighted by atomic mass is 9.88. The minimum Gasteiger partial charge on any atom is -0.369 e. The fraction of sp³-hybridized carbons (Fsp3) is 0.421. The number of halogens is 4. The molecule has 1 fully saturated rings. The normalized spacial score (nSPS) is 21.7. The first-order valence-corrected chi connectivity index (χ1v) is 10.6. The average Bonchev–Trinajstić information content (AvgIpc) is 2.67. The Morgan fingerprint density at radius 3 is 2.55 bits per heavy atom. The second-order valence-corrected chi connectivity index (χ2v) is 8.01. The van der Waals surface area contributed by atoms with Crippen LogP contribution in [0.3, 0.4) is 0 Å². The van der Waals surface area contributed by atoms with Crippen molar-refractivity contribution in [3.05, 3.63) is 52.8 Å². The highest BCUT2D eigenvalue weighted by Crippen LogP contribution is 2.41. The number of amides is 1. The van der Waals surface area contributed by atoms with Gasteiger partial charge in [-0.25, -0.2) is 9.97 Å². The van der Waals surface area contributed by atoms with Crippen LogP contribution in [-0.4, -0.2) is 45.8 Å². The summed E-state index contributed by atoms with van der Waals surface area (Å²) in [5.41, 5.74) is 6.40. The third-order valence-electron chi connectivity index (χ3n) is 5.00. The fourth-order valence-electron chi connectivity index (χ4n) is 3.68. The molecule has 1 aromatic heterocycles. The SMILES string of the molecule is CSc1nc(Cl)cc(C(c2ccccc2)N2CC(C(N)=O)CCC2C(F)(F)F)n1. The Morgan fingerprint density at radius 2 is 1.97 bits per heavy atom. The molecule has 1 aliphatic rings. The maximum absolute atomic E-state index is 13.9. The van der Waals surface area contributed by atoms with Gasteiger partial charge in [0.25, 0.3) is 0 Å². The monoisotopic (exact) mass is 444 g/mol. The number of carbonyl (C=O) groups excluding carboxylic acids is 1. The Balaban J connectivity index is 2.15. The lowest BCUT2D eigenvalue weighted by Gasteiger charge is -2.44. The second-order valence-electron chi connectivity index (χ2n) is 6.85. The van der Waals surface area contributed by atoms with Crippen LogP contribution >= 0.6 is 23.4 Å². The standard InChI is InChI=1S/C19H20ClF3N4OS/c1-29-18-25-13(9-15(20)26-18)16(11-5-3-2-4-6-11)27-10-12(17(24)28)7-8-14(27)19(21,22)23/h2-6,9,12,14,16H,7-8,10H2,1H3,(H2,24,28). The molecule has 0 bridgehead atoms. The van der Waals surface area contributed by atoms with Gasteiger partial charge in [0, 0.05) is 6.54 Å². The number of carbonyl (C=O) groups is 1. The molecule has 0 spiro atoms. The van der Waals surface area contributed by atoms with E-state index in [1.807, 2.05) is 0 Å². The van der Waals surface area contributed by atoms with Crippen LogP contribution in [0.1, 0.15) is 30.1 Å². The zero-order valence-electron chi connectivity index (χ0n) is 15.6. The largest absolute Gasteiger partial charge is 0.404 e. The summed E-state index contributed by atoms with van der Waals surface area (Å²) in [6.07, 6.45) is -2.82. The van der Waals surface area contributed by atoms with Gasteiger partial charge in [0.15, 0.2) is 5.16 Å². The number of nitrogens with two attached hydrogens (primary N) is 1. The van der Waals surface area contributed by atoms with Gasteiger partial charge in [-0.2, -0.15) is 13.2 Å². The minimum atomic E-state index is -4.46. The average molecular weight is 445 g/mol. The predicted octanol–water partition coefficient (Wildman–Crippen LogP) is 4.07. The van der Waals surface area contributed by atoms with Crippen LogP contribution in [0.15, 0.2) is 41.6 Å². The van der Waals surface area contributed by atoms with E-state index in [-0.39, 0.29) is 24.5 Å². The van der Waals surface area contributed by atoms with Gasteiger partial charge in [-0.15, -0.1) is 0 Å². The van der Waals surface area contributed by atoms with Crippen LogP contribution in [-0.2, 0) is 4.79 Å². The van der Waals surface area contributed by atoms with E-state index in [9.17, 15) is 18.0 Å². The molecule has 3 rings (SSSR count). The Bertz CT molecular complexity index is 868. The molecule has 0 saturated carbocycles. The van der Waals surface area contributed by atoms with E-state index >= 15 is 0 Å². The number of benzene rings is 1. The van der Waals surface area contributed by atoms with Crippen LogP contribution in [0.2, 0.25) is 5.15 Å². The van der Waals surface area contributed by atoms with Crippen molar-refractivity contribution in [3.8, 4) is 0 Å². The quantitative estimate of drug-likeness (QED) is 0.427. The van der Waals surface area contributed by atoms with Gasteiger partial charge >= 0.3 is 6.18 Å². The van der Waals surface area contributed by atoms with Crippen molar-refractivity contribution in [2.24, 2.45) is 11.7 Å². The first kappa shape index (κ1) is 21.9. The van der Waals surface area contributed by atoms with Crippen molar-refractivity contribution >= 4 is 29.3 Å². The van der Waals surface area contributed by atoms with Crippen LogP contribution in [0.4, 0.5) is 13.2 Å². The van der Waals surface area contributed by atoms with E-state index in [0.717, 1.165) is 0 Å². The highest BCUT2D eigenvalue weighted by molar-refractivity contribution is 7.98. The number of hydrogen-bond donors (Lipinski definition) is 1. The molecule has 5 nitrogen and oxygen atoms in total. The van der Waals surface area contributed by atoms with E-state index < -0.39 is 30.1 Å². The lowest BCUT2D eigenvalue weighted by molar-refractivity contribution is -0.200. The van der Waals surface area contributed by atoms with E-state index in [1.54, 1.807) is 36.6 Å². The number of piperidine rings is 1. The molecule has 156 valence electrons. The van der Waals surface area contributed by atoms with Gasteiger partial charge in [0.05, 0.1) is 17.7 Å². The van der Waals surface area contributed by atoms with Crippen molar-refractivity contribution in [3.63, 3.8) is 0 Å². The molecular weight excluding hydrogens is 425 g/mol. The van der Waals surface area contributed by atoms with Crippen molar-refractivity contribution in [2.75, 3.05) is 12.8 Å².